The normalized spacial score (nSPS) is 18.2. The van der Waals surface area contributed by atoms with E-state index in [1.165, 1.54) is 12.8 Å². The number of amides is 1. The van der Waals surface area contributed by atoms with Crippen LogP contribution in [-0.2, 0) is 0 Å². The Morgan fingerprint density at radius 1 is 0.923 bits per heavy atom. The van der Waals surface area contributed by atoms with Gasteiger partial charge in [0.1, 0.15) is 5.82 Å². The van der Waals surface area contributed by atoms with E-state index >= 15 is 0 Å². The summed E-state index contributed by atoms with van der Waals surface area (Å²) in [6.07, 6.45) is 6.35. The Hall–Kier alpha value is -2.70. The van der Waals surface area contributed by atoms with E-state index in [2.05, 4.69) is 30.3 Å². The minimum atomic E-state index is -0.115. The lowest BCUT2D eigenvalue weighted by atomic mass is 10.2. The highest BCUT2D eigenvalue weighted by molar-refractivity contribution is 5.92. The number of carbonyl (C=O) groups excluding carboxylic acids is 1. The van der Waals surface area contributed by atoms with Crippen molar-refractivity contribution in [1.29, 1.82) is 0 Å². The smallest absolute Gasteiger partial charge is 0.272 e. The number of piperazine rings is 1. The van der Waals surface area contributed by atoms with E-state index in [0.29, 0.717) is 11.7 Å². The fourth-order valence-electron chi connectivity index (χ4n) is 3.65. The lowest BCUT2D eigenvalue weighted by molar-refractivity contribution is 0.0932. The maximum atomic E-state index is 12.2. The predicted molar refractivity (Wildman–Crippen MR) is 100 cm³/mol. The number of hydrogen-bond donors (Lipinski definition) is 1. The molecule has 7 nitrogen and oxygen atoms in total. The van der Waals surface area contributed by atoms with E-state index in [1.54, 1.807) is 6.07 Å². The van der Waals surface area contributed by atoms with Crippen LogP contribution in [0, 0.1) is 0 Å². The lowest BCUT2D eigenvalue weighted by Gasteiger charge is -2.35. The molecule has 0 unspecified atom stereocenters. The molecule has 136 valence electrons. The Bertz CT molecular complexity index is 721. The van der Waals surface area contributed by atoms with Crippen molar-refractivity contribution in [2.75, 3.05) is 36.0 Å². The first-order valence-electron chi connectivity index (χ1n) is 9.35. The first-order valence-corrected chi connectivity index (χ1v) is 9.35. The molecule has 0 radical (unpaired) electrons. The second-order valence-electron chi connectivity index (χ2n) is 6.89. The van der Waals surface area contributed by atoms with Gasteiger partial charge in [0.2, 0.25) is 0 Å². The minimum Gasteiger partial charge on any atom is -0.353 e. The molecule has 0 bridgehead atoms. The van der Waals surface area contributed by atoms with Crippen LogP contribution in [0.4, 0.5) is 11.6 Å². The molecule has 7 heteroatoms. The second kappa shape index (κ2) is 7.68. The maximum absolute atomic E-state index is 12.2. The summed E-state index contributed by atoms with van der Waals surface area (Å²) < 4.78 is 0. The van der Waals surface area contributed by atoms with E-state index in [9.17, 15) is 4.79 Å². The van der Waals surface area contributed by atoms with Gasteiger partial charge < -0.3 is 15.1 Å². The van der Waals surface area contributed by atoms with Gasteiger partial charge in [0, 0.05) is 38.4 Å². The molecule has 0 atom stereocenters. The molecule has 26 heavy (non-hydrogen) atoms. The zero-order valence-electron chi connectivity index (χ0n) is 14.8. The molecule has 3 heterocycles. The summed E-state index contributed by atoms with van der Waals surface area (Å²) in [6, 6.07) is 9.94. The summed E-state index contributed by atoms with van der Waals surface area (Å²) in [5.74, 6) is 1.72. The molecule has 1 saturated carbocycles. The van der Waals surface area contributed by atoms with Crippen molar-refractivity contribution in [3.63, 3.8) is 0 Å². The molecule has 2 aromatic rings. The summed E-state index contributed by atoms with van der Waals surface area (Å²) in [7, 11) is 0. The molecule has 4 rings (SSSR count). The molecular formula is C19H24N6O. The van der Waals surface area contributed by atoms with Gasteiger partial charge in [-0.3, -0.25) is 4.79 Å². The van der Waals surface area contributed by atoms with Crippen molar-refractivity contribution in [1.82, 2.24) is 20.5 Å². The van der Waals surface area contributed by atoms with Gasteiger partial charge in [-0.05, 0) is 37.1 Å². The van der Waals surface area contributed by atoms with Gasteiger partial charge in [0.15, 0.2) is 11.5 Å². The van der Waals surface area contributed by atoms with E-state index in [4.69, 9.17) is 0 Å². The molecule has 2 fully saturated rings. The molecule has 1 saturated heterocycles. The van der Waals surface area contributed by atoms with Crippen molar-refractivity contribution in [2.24, 2.45) is 0 Å². The van der Waals surface area contributed by atoms with Crippen LogP contribution in [0.25, 0.3) is 0 Å². The van der Waals surface area contributed by atoms with Crippen LogP contribution in [0.3, 0.4) is 0 Å². The van der Waals surface area contributed by atoms with Crippen LogP contribution in [0.5, 0.6) is 0 Å². The second-order valence-corrected chi connectivity index (χ2v) is 6.89. The molecular weight excluding hydrogens is 328 g/mol. The van der Waals surface area contributed by atoms with Gasteiger partial charge in [-0.25, -0.2) is 4.98 Å². The molecule has 2 aliphatic rings. The van der Waals surface area contributed by atoms with Crippen LogP contribution >= 0.6 is 0 Å². The minimum absolute atomic E-state index is 0.115. The molecule has 0 spiro atoms. The highest BCUT2D eigenvalue weighted by Crippen LogP contribution is 2.19. The summed E-state index contributed by atoms with van der Waals surface area (Å²) in [5.41, 5.74) is 0.396. The summed E-state index contributed by atoms with van der Waals surface area (Å²) in [4.78, 5) is 21.1. The maximum Gasteiger partial charge on any atom is 0.272 e. The van der Waals surface area contributed by atoms with Crippen LogP contribution in [0.15, 0.2) is 36.5 Å². The van der Waals surface area contributed by atoms with Crippen LogP contribution < -0.4 is 15.1 Å². The fraction of sp³-hybridized carbons (Fsp3) is 0.474. The zero-order valence-corrected chi connectivity index (χ0v) is 14.8. The van der Waals surface area contributed by atoms with E-state index in [0.717, 1.165) is 50.7 Å². The third-order valence-corrected chi connectivity index (χ3v) is 5.15. The molecule has 1 aliphatic carbocycles. The van der Waals surface area contributed by atoms with Crippen molar-refractivity contribution in [2.45, 2.75) is 31.7 Å². The molecule has 0 aromatic carbocycles. The van der Waals surface area contributed by atoms with Crippen LogP contribution in [0.1, 0.15) is 36.2 Å². The van der Waals surface area contributed by atoms with Crippen molar-refractivity contribution in [3.05, 3.63) is 42.2 Å². The lowest BCUT2D eigenvalue weighted by Crippen LogP contribution is -2.47. The Labute approximate surface area is 153 Å². The Morgan fingerprint density at radius 3 is 2.27 bits per heavy atom. The average molecular weight is 352 g/mol. The van der Waals surface area contributed by atoms with E-state index < -0.39 is 0 Å². The van der Waals surface area contributed by atoms with E-state index in [-0.39, 0.29) is 5.91 Å². The molecule has 1 aliphatic heterocycles. The van der Waals surface area contributed by atoms with Gasteiger partial charge in [-0.15, -0.1) is 10.2 Å². The summed E-state index contributed by atoms with van der Waals surface area (Å²) >= 11 is 0. The highest BCUT2D eigenvalue weighted by atomic mass is 16.2. The first-order chi connectivity index (χ1) is 12.8. The number of rotatable bonds is 4. The third kappa shape index (κ3) is 3.76. The van der Waals surface area contributed by atoms with Gasteiger partial charge in [0.05, 0.1) is 0 Å². The number of pyridine rings is 1. The standard InChI is InChI=1S/C19H24N6O/c26-19(21-15-5-1-2-6-15)16-8-9-18(23-22-16)25-13-11-24(12-14-25)17-7-3-4-10-20-17/h3-4,7-10,15H,1-2,5-6,11-14H2,(H,21,26). The molecule has 1 N–H and O–H groups in total. The predicted octanol–water partition coefficient (Wildman–Crippen LogP) is 1.87. The largest absolute Gasteiger partial charge is 0.353 e. The van der Waals surface area contributed by atoms with Crippen molar-refractivity contribution in [3.8, 4) is 0 Å². The monoisotopic (exact) mass is 352 g/mol. The number of nitrogens with one attached hydrogen (secondary N) is 1. The number of aromatic nitrogens is 3. The first kappa shape index (κ1) is 16.8. The number of hydrogen-bond acceptors (Lipinski definition) is 6. The van der Waals surface area contributed by atoms with Crippen molar-refractivity contribution >= 4 is 17.5 Å². The molecule has 1 amide bonds. The van der Waals surface area contributed by atoms with Crippen molar-refractivity contribution < 1.29 is 4.79 Å². The van der Waals surface area contributed by atoms with Gasteiger partial charge in [0.25, 0.3) is 5.91 Å². The van der Waals surface area contributed by atoms with E-state index in [1.807, 2.05) is 30.5 Å². The summed E-state index contributed by atoms with van der Waals surface area (Å²) in [5, 5.41) is 11.5. The highest BCUT2D eigenvalue weighted by Gasteiger charge is 2.21. The van der Waals surface area contributed by atoms with Gasteiger partial charge in [-0.2, -0.15) is 0 Å². The van der Waals surface area contributed by atoms with Gasteiger partial charge >= 0.3 is 0 Å². The Morgan fingerprint density at radius 2 is 1.65 bits per heavy atom. The SMILES string of the molecule is O=C(NC1CCCC1)c1ccc(N2CCN(c3ccccn3)CC2)nn1. The fourth-order valence-corrected chi connectivity index (χ4v) is 3.65. The zero-order chi connectivity index (χ0) is 17.8. The quantitative estimate of drug-likeness (QED) is 0.905. The molecule has 2 aromatic heterocycles. The number of carbonyl (C=O) groups is 1. The number of anilines is 2. The number of nitrogens with zero attached hydrogens (tertiary/aromatic N) is 5. The summed E-state index contributed by atoms with van der Waals surface area (Å²) in [6.45, 7) is 3.50. The van der Waals surface area contributed by atoms with Crippen LogP contribution in [-0.4, -0.2) is 53.3 Å². The van der Waals surface area contributed by atoms with Gasteiger partial charge in [-0.1, -0.05) is 18.9 Å². The Kier molecular flexibility index (Phi) is 4.95. The topological polar surface area (TPSA) is 74.2 Å². The Balaban J connectivity index is 1.33. The third-order valence-electron chi connectivity index (χ3n) is 5.15. The van der Waals surface area contributed by atoms with Crippen LogP contribution in [0.2, 0.25) is 0 Å². The average Bonchev–Trinajstić information content (AvgIpc) is 3.22.